The normalized spacial score (nSPS) is 10.6. The number of ether oxygens (including phenoxy) is 1. The molecule has 2 aromatic carbocycles. The van der Waals surface area contributed by atoms with Crippen LogP contribution < -0.4 is 15.6 Å². The van der Waals surface area contributed by atoms with Crippen molar-refractivity contribution in [1.29, 1.82) is 0 Å². The first-order valence-corrected chi connectivity index (χ1v) is 8.64. The summed E-state index contributed by atoms with van der Waals surface area (Å²) >= 11 is 0. The minimum atomic E-state index is -0.344. The Bertz CT molecular complexity index is 1170. The lowest BCUT2D eigenvalue weighted by molar-refractivity contribution is 0.0945. The van der Waals surface area contributed by atoms with Crippen LogP contribution in [0.5, 0.6) is 11.5 Å². The van der Waals surface area contributed by atoms with Gasteiger partial charge in [0, 0.05) is 5.39 Å². The minimum Gasteiger partial charge on any atom is -0.456 e. The van der Waals surface area contributed by atoms with E-state index in [2.05, 4.69) is 20.5 Å². The summed E-state index contributed by atoms with van der Waals surface area (Å²) in [6.45, 7) is 0.167. The fraction of sp³-hybridized carbons (Fsp3) is 0.0476. The molecule has 28 heavy (non-hydrogen) atoms. The number of benzene rings is 2. The van der Waals surface area contributed by atoms with Crippen LogP contribution in [-0.4, -0.2) is 21.1 Å². The standard InChI is InChI=1S/C21H16N4O3/c26-20-17-9-5-4-8-16(17)19(24-25-20)13-23-21(27)18-11-10-15(12-22-18)28-14-6-2-1-3-7-14/h1-12H,13H2,(H,23,27)(H,25,26). The third kappa shape index (κ3) is 3.73. The average molecular weight is 372 g/mol. The number of pyridine rings is 1. The number of H-pyrrole nitrogens is 1. The van der Waals surface area contributed by atoms with Crippen LogP contribution in [0.15, 0.2) is 77.7 Å². The molecular weight excluding hydrogens is 356 g/mol. The zero-order chi connectivity index (χ0) is 19.3. The van der Waals surface area contributed by atoms with Gasteiger partial charge in [-0.1, -0.05) is 36.4 Å². The number of aromatic amines is 1. The van der Waals surface area contributed by atoms with Gasteiger partial charge in [0.05, 0.1) is 23.8 Å². The van der Waals surface area contributed by atoms with Gasteiger partial charge in [0.15, 0.2) is 0 Å². The number of nitrogens with one attached hydrogen (secondary N) is 2. The Hall–Kier alpha value is -4.00. The molecule has 0 aliphatic heterocycles. The van der Waals surface area contributed by atoms with E-state index in [1.54, 1.807) is 30.3 Å². The fourth-order valence-corrected chi connectivity index (χ4v) is 2.76. The lowest BCUT2D eigenvalue weighted by Gasteiger charge is -2.08. The first-order chi connectivity index (χ1) is 13.7. The van der Waals surface area contributed by atoms with Crippen LogP contribution in [0.2, 0.25) is 0 Å². The van der Waals surface area contributed by atoms with E-state index >= 15 is 0 Å². The minimum absolute atomic E-state index is 0.167. The van der Waals surface area contributed by atoms with Crippen LogP contribution in [-0.2, 0) is 6.54 Å². The summed E-state index contributed by atoms with van der Waals surface area (Å²) in [5.41, 5.74) is 0.572. The number of para-hydroxylation sites is 1. The molecule has 0 bridgehead atoms. The molecule has 1 amide bonds. The van der Waals surface area contributed by atoms with Crippen LogP contribution in [0.4, 0.5) is 0 Å². The maximum atomic E-state index is 12.4. The van der Waals surface area contributed by atoms with Gasteiger partial charge in [0.1, 0.15) is 17.2 Å². The molecule has 7 heteroatoms. The van der Waals surface area contributed by atoms with Crippen LogP contribution in [0.3, 0.4) is 0 Å². The van der Waals surface area contributed by atoms with Crippen molar-refractivity contribution < 1.29 is 9.53 Å². The Morgan fingerprint density at radius 3 is 2.43 bits per heavy atom. The molecule has 4 aromatic rings. The summed E-state index contributed by atoms with van der Waals surface area (Å²) in [7, 11) is 0. The molecule has 0 atom stereocenters. The molecule has 0 radical (unpaired) electrons. The Morgan fingerprint density at radius 1 is 0.929 bits per heavy atom. The fourth-order valence-electron chi connectivity index (χ4n) is 2.76. The molecule has 0 unspecified atom stereocenters. The summed E-state index contributed by atoms with van der Waals surface area (Å²) < 4.78 is 5.66. The van der Waals surface area contributed by atoms with Gasteiger partial charge < -0.3 is 10.1 Å². The van der Waals surface area contributed by atoms with Crippen molar-refractivity contribution >= 4 is 16.7 Å². The maximum absolute atomic E-state index is 12.4. The number of rotatable bonds is 5. The Balaban J connectivity index is 1.44. The second-order valence-corrected chi connectivity index (χ2v) is 6.02. The summed E-state index contributed by atoms with van der Waals surface area (Å²) in [6, 6.07) is 19.7. The molecule has 2 aromatic heterocycles. The number of carbonyl (C=O) groups is 1. The largest absolute Gasteiger partial charge is 0.456 e. The summed E-state index contributed by atoms with van der Waals surface area (Å²) in [6.07, 6.45) is 1.50. The molecule has 7 nitrogen and oxygen atoms in total. The van der Waals surface area contributed by atoms with E-state index in [-0.39, 0.29) is 23.7 Å². The molecule has 2 N–H and O–H groups in total. The zero-order valence-electron chi connectivity index (χ0n) is 14.8. The first kappa shape index (κ1) is 17.4. The third-order valence-corrected chi connectivity index (χ3v) is 4.14. The monoisotopic (exact) mass is 372 g/mol. The average Bonchev–Trinajstić information content (AvgIpc) is 2.74. The van der Waals surface area contributed by atoms with Crippen molar-refractivity contribution in [3.8, 4) is 11.5 Å². The number of nitrogens with zero attached hydrogens (tertiary/aromatic N) is 2. The second-order valence-electron chi connectivity index (χ2n) is 6.02. The highest BCUT2D eigenvalue weighted by atomic mass is 16.5. The van der Waals surface area contributed by atoms with Crippen LogP contribution in [0.1, 0.15) is 16.2 Å². The van der Waals surface area contributed by atoms with Gasteiger partial charge in [-0.25, -0.2) is 10.1 Å². The van der Waals surface area contributed by atoms with E-state index in [0.717, 1.165) is 0 Å². The van der Waals surface area contributed by atoms with E-state index in [1.165, 1.54) is 6.20 Å². The Kier molecular flexibility index (Phi) is 4.79. The molecule has 2 heterocycles. The highest BCUT2D eigenvalue weighted by molar-refractivity contribution is 5.92. The molecule has 0 saturated carbocycles. The molecule has 0 aliphatic carbocycles. The topological polar surface area (TPSA) is 97.0 Å². The van der Waals surface area contributed by atoms with Gasteiger partial charge >= 0.3 is 0 Å². The van der Waals surface area contributed by atoms with Crippen LogP contribution in [0, 0.1) is 0 Å². The van der Waals surface area contributed by atoms with Gasteiger partial charge in [-0.3, -0.25) is 9.59 Å². The predicted molar refractivity (Wildman–Crippen MR) is 104 cm³/mol. The SMILES string of the molecule is O=C(NCc1n[nH]c(=O)c2ccccc12)c1ccc(Oc2ccccc2)cn1. The number of carbonyl (C=O) groups excluding carboxylic acids is 1. The lowest BCUT2D eigenvalue weighted by Crippen LogP contribution is -2.25. The second kappa shape index (κ2) is 7.71. The van der Waals surface area contributed by atoms with Crippen LogP contribution >= 0.6 is 0 Å². The van der Waals surface area contributed by atoms with Crippen molar-refractivity contribution in [1.82, 2.24) is 20.5 Å². The number of hydrogen-bond acceptors (Lipinski definition) is 5. The molecule has 0 spiro atoms. The van der Waals surface area contributed by atoms with Crippen molar-refractivity contribution in [3.05, 3.63) is 94.7 Å². The predicted octanol–water partition coefficient (Wildman–Crippen LogP) is 3.04. The first-order valence-electron chi connectivity index (χ1n) is 8.64. The van der Waals surface area contributed by atoms with E-state index < -0.39 is 0 Å². The van der Waals surface area contributed by atoms with Crippen molar-refractivity contribution in [2.75, 3.05) is 0 Å². The highest BCUT2D eigenvalue weighted by Gasteiger charge is 2.10. The highest BCUT2D eigenvalue weighted by Crippen LogP contribution is 2.20. The van der Waals surface area contributed by atoms with Crippen molar-refractivity contribution in [2.45, 2.75) is 6.54 Å². The van der Waals surface area contributed by atoms with E-state index in [1.807, 2.05) is 36.4 Å². The molecule has 138 valence electrons. The van der Waals surface area contributed by atoms with E-state index in [9.17, 15) is 9.59 Å². The number of aromatic nitrogens is 3. The smallest absolute Gasteiger partial charge is 0.272 e. The summed E-state index contributed by atoms with van der Waals surface area (Å²) in [4.78, 5) is 28.4. The van der Waals surface area contributed by atoms with Gasteiger partial charge in [-0.2, -0.15) is 5.10 Å². The zero-order valence-corrected chi connectivity index (χ0v) is 14.8. The van der Waals surface area contributed by atoms with Gasteiger partial charge in [-0.05, 0) is 30.3 Å². The van der Waals surface area contributed by atoms with Gasteiger partial charge in [-0.15, -0.1) is 0 Å². The molecular formula is C21H16N4O3. The third-order valence-electron chi connectivity index (χ3n) is 4.14. The maximum Gasteiger partial charge on any atom is 0.272 e. The summed E-state index contributed by atoms with van der Waals surface area (Å²) in [5.74, 6) is 0.886. The number of fused-ring (bicyclic) bond motifs is 1. The Morgan fingerprint density at radius 2 is 1.68 bits per heavy atom. The van der Waals surface area contributed by atoms with Crippen LogP contribution in [0.25, 0.3) is 10.8 Å². The molecule has 4 rings (SSSR count). The molecule has 0 fully saturated rings. The number of amides is 1. The van der Waals surface area contributed by atoms with E-state index in [0.29, 0.717) is 28.0 Å². The van der Waals surface area contributed by atoms with Crippen molar-refractivity contribution in [2.24, 2.45) is 0 Å². The quantitative estimate of drug-likeness (QED) is 0.561. The van der Waals surface area contributed by atoms with Gasteiger partial charge in [0.2, 0.25) is 0 Å². The van der Waals surface area contributed by atoms with Crippen molar-refractivity contribution in [3.63, 3.8) is 0 Å². The molecule has 0 aliphatic rings. The Labute approximate surface area is 160 Å². The van der Waals surface area contributed by atoms with E-state index in [4.69, 9.17) is 4.74 Å². The summed E-state index contributed by atoms with van der Waals surface area (Å²) in [5, 5.41) is 10.5. The van der Waals surface area contributed by atoms with Gasteiger partial charge in [0.25, 0.3) is 11.5 Å². The lowest BCUT2D eigenvalue weighted by atomic mass is 10.1. The number of hydrogen-bond donors (Lipinski definition) is 2. The molecule has 0 saturated heterocycles.